The number of pyridine rings is 2. The number of aromatic nitrogens is 4. The highest BCUT2D eigenvalue weighted by molar-refractivity contribution is 5.67. The first-order valence-corrected chi connectivity index (χ1v) is 10.9. The second kappa shape index (κ2) is 9.09. The molecule has 0 amide bonds. The van der Waals surface area contributed by atoms with Gasteiger partial charge in [-0.2, -0.15) is 13.2 Å². The van der Waals surface area contributed by atoms with E-state index in [0.29, 0.717) is 41.7 Å². The lowest BCUT2D eigenvalue weighted by atomic mass is 10.1. The molecule has 9 heteroatoms. The van der Waals surface area contributed by atoms with Gasteiger partial charge in [0.2, 0.25) is 0 Å². The number of anilines is 2. The lowest BCUT2D eigenvalue weighted by molar-refractivity contribution is -0.137. The van der Waals surface area contributed by atoms with Gasteiger partial charge < -0.3 is 9.80 Å². The summed E-state index contributed by atoms with van der Waals surface area (Å²) in [5, 5.41) is 0. The van der Waals surface area contributed by atoms with E-state index in [1.807, 2.05) is 24.3 Å². The molecule has 1 aliphatic rings. The van der Waals surface area contributed by atoms with Crippen LogP contribution in [0.2, 0.25) is 0 Å². The molecule has 4 aromatic rings. The number of nitrogens with zero attached hydrogens (tertiary/aromatic N) is 6. The lowest BCUT2D eigenvalue weighted by Gasteiger charge is -2.36. The second-order valence-electron chi connectivity index (χ2n) is 7.89. The van der Waals surface area contributed by atoms with E-state index in [2.05, 4.69) is 24.8 Å². The van der Waals surface area contributed by atoms with Crippen molar-refractivity contribution >= 4 is 11.6 Å². The zero-order valence-electron chi connectivity index (χ0n) is 18.2. The Morgan fingerprint density at radius 1 is 0.647 bits per heavy atom. The molecule has 1 aromatic carbocycles. The third kappa shape index (κ3) is 4.68. The quantitative estimate of drug-likeness (QED) is 0.428. The van der Waals surface area contributed by atoms with Crippen LogP contribution in [0.3, 0.4) is 0 Å². The molecule has 172 valence electrons. The Morgan fingerprint density at radius 2 is 1.35 bits per heavy atom. The molecule has 0 spiro atoms. The number of hydrogen-bond acceptors (Lipinski definition) is 6. The zero-order valence-corrected chi connectivity index (χ0v) is 18.2. The maximum atomic E-state index is 13.3. The number of rotatable bonds is 4. The van der Waals surface area contributed by atoms with E-state index >= 15 is 0 Å². The van der Waals surface area contributed by atoms with Crippen molar-refractivity contribution in [2.45, 2.75) is 6.18 Å². The second-order valence-corrected chi connectivity index (χ2v) is 7.89. The van der Waals surface area contributed by atoms with Crippen molar-refractivity contribution in [2.24, 2.45) is 0 Å². The summed E-state index contributed by atoms with van der Waals surface area (Å²) in [6.07, 6.45) is -1.02. The van der Waals surface area contributed by atoms with Gasteiger partial charge in [0.15, 0.2) is 5.82 Å². The molecule has 0 atom stereocenters. The Hall–Kier alpha value is -4.01. The molecule has 3 aromatic heterocycles. The number of halogens is 3. The van der Waals surface area contributed by atoms with Crippen LogP contribution in [0, 0.1) is 0 Å². The molecule has 0 unspecified atom stereocenters. The summed E-state index contributed by atoms with van der Waals surface area (Å²) >= 11 is 0. The van der Waals surface area contributed by atoms with Crippen molar-refractivity contribution in [1.29, 1.82) is 0 Å². The number of hydrogen-bond donors (Lipinski definition) is 0. The van der Waals surface area contributed by atoms with Crippen LogP contribution in [0.15, 0.2) is 79.1 Å². The predicted molar refractivity (Wildman–Crippen MR) is 124 cm³/mol. The average molecular weight is 462 g/mol. The van der Waals surface area contributed by atoms with Crippen molar-refractivity contribution in [1.82, 2.24) is 19.9 Å². The summed E-state index contributed by atoms with van der Waals surface area (Å²) < 4.78 is 39.9. The minimum atomic E-state index is -4.43. The third-order valence-electron chi connectivity index (χ3n) is 5.67. The molecule has 0 saturated carbocycles. The summed E-state index contributed by atoms with van der Waals surface area (Å²) in [6, 6.07) is 18.2. The number of alkyl halides is 3. The van der Waals surface area contributed by atoms with E-state index in [1.165, 1.54) is 6.07 Å². The van der Waals surface area contributed by atoms with E-state index in [-0.39, 0.29) is 0 Å². The molecular formula is C25H21F3N6. The Balaban J connectivity index is 1.49. The maximum absolute atomic E-state index is 13.3. The number of piperazine rings is 1. The first-order chi connectivity index (χ1) is 16.5. The SMILES string of the molecule is FC(F)(F)c1cccc(-c2cc(N3CCN(c4ccccn4)CC3)nc(-c3ccccn3)n2)c1. The molecule has 1 aliphatic heterocycles. The smallest absolute Gasteiger partial charge is 0.353 e. The van der Waals surface area contributed by atoms with Crippen LogP contribution < -0.4 is 9.80 Å². The first-order valence-electron chi connectivity index (χ1n) is 10.9. The summed E-state index contributed by atoms with van der Waals surface area (Å²) in [5.41, 5.74) is 0.643. The summed E-state index contributed by atoms with van der Waals surface area (Å²) in [4.78, 5) is 22.4. The molecule has 0 N–H and O–H groups in total. The molecule has 1 saturated heterocycles. The highest BCUT2D eigenvalue weighted by Gasteiger charge is 2.30. The molecule has 0 aliphatic carbocycles. The highest BCUT2D eigenvalue weighted by atomic mass is 19.4. The van der Waals surface area contributed by atoms with Gasteiger partial charge in [0, 0.05) is 50.2 Å². The topological polar surface area (TPSA) is 58.0 Å². The van der Waals surface area contributed by atoms with Crippen LogP contribution in [0.1, 0.15) is 5.56 Å². The molecule has 4 heterocycles. The van der Waals surface area contributed by atoms with Crippen molar-refractivity contribution in [3.63, 3.8) is 0 Å². The predicted octanol–water partition coefficient (Wildman–Crippen LogP) is 4.95. The minimum absolute atomic E-state index is 0.373. The van der Waals surface area contributed by atoms with Gasteiger partial charge in [-0.15, -0.1) is 0 Å². The largest absolute Gasteiger partial charge is 0.416 e. The van der Waals surface area contributed by atoms with Crippen molar-refractivity contribution in [3.8, 4) is 22.8 Å². The summed E-state index contributed by atoms with van der Waals surface area (Å²) in [6.45, 7) is 2.88. The van der Waals surface area contributed by atoms with E-state index in [4.69, 9.17) is 4.98 Å². The zero-order chi connectivity index (χ0) is 23.5. The van der Waals surface area contributed by atoms with Gasteiger partial charge >= 0.3 is 6.18 Å². The monoisotopic (exact) mass is 462 g/mol. The third-order valence-corrected chi connectivity index (χ3v) is 5.67. The highest BCUT2D eigenvalue weighted by Crippen LogP contribution is 2.33. The maximum Gasteiger partial charge on any atom is 0.416 e. The van der Waals surface area contributed by atoms with Gasteiger partial charge in [-0.25, -0.2) is 15.0 Å². The van der Waals surface area contributed by atoms with Gasteiger partial charge in [-0.1, -0.05) is 24.3 Å². The van der Waals surface area contributed by atoms with Crippen molar-refractivity contribution in [3.05, 3.63) is 84.7 Å². The molecule has 6 nitrogen and oxygen atoms in total. The van der Waals surface area contributed by atoms with Crippen molar-refractivity contribution in [2.75, 3.05) is 36.0 Å². The van der Waals surface area contributed by atoms with E-state index in [1.54, 1.807) is 36.7 Å². The van der Waals surface area contributed by atoms with E-state index < -0.39 is 11.7 Å². The van der Waals surface area contributed by atoms with Crippen LogP contribution in [-0.4, -0.2) is 46.1 Å². The van der Waals surface area contributed by atoms with Crippen molar-refractivity contribution < 1.29 is 13.2 Å². The molecule has 34 heavy (non-hydrogen) atoms. The Morgan fingerprint density at radius 3 is 2.00 bits per heavy atom. The van der Waals surface area contributed by atoms with Gasteiger partial charge in [0.05, 0.1) is 11.3 Å². The van der Waals surface area contributed by atoms with Gasteiger partial charge in [0.1, 0.15) is 17.3 Å². The van der Waals surface area contributed by atoms with Gasteiger partial charge in [-0.05, 0) is 36.4 Å². The average Bonchev–Trinajstić information content (AvgIpc) is 2.89. The van der Waals surface area contributed by atoms with Gasteiger partial charge in [0.25, 0.3) is 0 Å². The van der Waals surface area contributed by atoms with Gasteiger partial charge in [-0.3, -0.25) is 4.98 Å². The van der Waals surface area contributed by atoms with Crippen LogP contribution in [-0.2, 0) is 6.18 Å². The fourth-order valence-electron chi connectivity index (χ4n) is 3.91. The summed E-state index contributed by atoms with van der Waals surface area (Å²) in [5.74, 6) is 1.95. The Kier molecular flexibility index (Phi) is 5.83. The fourth-order valence-corrected chi connectivity index (χ4v) is 3.91. The van der Waals surface area contributed by atoms with E-state index in [0.717, 1.165) is 31.0 Å². The standard InChI is InChI=1S/C25H21F3N6/c26-25(27,28)19-7-5-6-18(16-19)21-17-23(32-24(31-21)20-8-1-3-10-29-20)34-14-12-33(13-15-34)22-9-2-4-11-30-22/h1-11,16-17H,12-15H2. The number of benzene rings is 1. The molecule has 0 bridgehead atoms. The van der Waals surface area contributed by atoms with Crippen LogP contribution >= 0.6 is 0 Å². The first kappa shape index (κ1) is 21.8. The van der Waals surface area contributed by atoms with E-state index in [9.17, 15) is 13.2 Å². The lowest BCUT2D eigenvalue weighted by Crippen LogP contribution is -2.47. The fraction of sp³-hybridized carbons (Fsp3) is 0.200. The summed E-state index contributed by atoms with van der Waals surface area (Å²) in [7, 11) is 0. The van der Waals surface area contributed by atoms with Crippen LogP contribution in [0.5, 0.6) is 0 Å². The Bertz CT molecular complexity index is 1260. The molecular weight excluding hydrogens is 441 g/mol. The molecule has 0 radical (unpaired) electrons. The molecule has 1 fully saturated rings. The van der Waals surface area contributed by atoms with Crippen LogP contribution in [0.4, 0.5) is 24.8 Å². The minimum Gasteiger partial charge on any atom is -0.353 e. The normalized spacial score (nSPS) is 14.3. The molecule has 5 rings (SSSR count). The Labute approximate surface area is 194 Å². The van der Waals surface area contributed by atoms with Crippen LogP contribution in [0.25, 0.3) is 22.8 Å².